The Morgan fingerprint density at radius 1 is 1.24 bits per heavy atom. The number of carbonyl (C=O) groups is 1. The largest absolute Gasteiger partial charge is 0.455 e. The SMILES string of the molecule is COCc1ccc(C(=O)c2cc(C(F)(F)F)ccc2F)o1. The number of rotatable bonds is 4. The van der Waals surface area contributed by atoms with E-state index >= 15 is 0 Å². The molecule has 0 atom stereocenters. The maximum absolute atomic E-state index is 13.6. The second kappa shape index (κ2) is 5.69. The zero-order valence-corrected chi connectivity index (χ0v) is 10.8. The van der Waals surface area contributed by atoms with Gasteiger partial charge in [-0.15, -0.1) is 0 Å². The third-order valence-corrected chi connectivity index (χ3v) is 2.71. The summed E-state index contributed by atoms with van der Waals surface area (Å²) >= 11 is 0. The predicted molar refractivity (Wildman–Crippen MR) is 64.3 cm³/mol. The first-order chi connectivity index (χ1) is 9.82. The third kappa shape index (κ3) is 3.30. The summed E-state index contributed by atoms with van der Waals surface area (Å²) in [6.07, 6.45) is -4.66. The van der Waals surface area contributed by atoms with E-state index in [-0.39, 0.29) is 12.4 Å². The molecule has 0 saturated carbocycles. The van der Waals surface area contributed by atoms with E-state index in [9.17, 15) is 22.4 Å². The fraction of sp³-hybridized carbons (Fsp3) is 0.214. The van der Waals surface area contributed by atoms with Crippen LogP contribution in [0.3, 0.4) is 0 Å². The molecular formula is C14H10F4O3. The summed E-state index contributed by atoms with van der Waals surface area (Å²) in [5.74, 6) is -1.94. The first-order valence-corrected chi connectivity index (χ1v) is 5.82. The quantitative estimate of drug-likeness (QED) is 0.637. The van der Waals surface area contributed by atoms with Crippen LogP contribution in [0.5, 0.6) is 0 Å². The summed E-state index contributed by atoms with van der Waals surface area (Å²) in [5, 5.41) is 0. The second-order valence-electron chi connectivity index (χ2n) is 4.22. The molecule has 0 aliphatic rings. The lowest BCUT2D eigenvalue weighted by atomic mass is 10.0. The van der Waals surface area contributed by atoms with Crippen LogP contribution in [0.4, 0.5) is 17.6 Å². The topological polar surface area (TPSA) is 39.4 Å². The molecule has 0 fully saturated rings. The smallest absolute Gasteiger partial charge is 0.416 e. The maximum atomic E-state index is 13.6. The van der Waals surface area contributed by atoms with E-state index in [0.29, 0.717) is 24.0 Å². The Hall–Kier alpha value is -2.15. The average molecular weight is 302 g/mol. The Bertz CT molecular complexity index is 658. The third-order valence-electron chi connectivity index (χ3n) is 2.71. The van der Waals surface area contributed by atoms with Crippen molar-refractivity contribution in [2.45, 2.75) is 12.8 Å². The lowest BCUT2D eigenvalue weighted by molar-refractivity contribution is -0.137. The van der Waals surface area contributed by atoms with E-state index in [0.717, 1.165) is 0 Å². The number of ketones is 1. The number of alkyl halides is 3. The van der Waals surface area contributed by atoms with Gasteiger partial charge < -0.3 is 9.15 Å². The molecule has 0 unspecified atom stereocenters. The number of halogens is 4. The molecule has 0 N–H and O–H groups in total. The van der Waals surface area contributed by atoms with Gasteiger partial charge in [0.15, 0.2) is 5.76 Å². The lowest BCUT2D eigenvalue weighted by Gasteiger charge is -2.08. The molecule has 7 heteroatoms. The number of ether oxygens (including phenoxy) is 1. The van der Waals surface area contributed by atoms with Crippen LogP contribution in [0.2, 0.25) is 0 Å². The van der Waals surface area contributed by atoms with Gasteiger partial charge in [-0.3, -0.25) is 4.79 Å². The van der Waals surface area contributed by atoms with Crippen LogP contribution < -0.4 is 0 Å². The lowest BCUT2D eigenvalue weighted by Crippen LogP contribution is -2.09. The van der Waals surface area contributed by atoms with E-state index in [4.69, 9.17) is 9.15 Å². The molecule has 1 heterocycles. The van der Waals surface area contributed by atoms with Crippen LogP contribution in [0.15, 0.2) is 34.7 Å². The minimum Gasteiger partial charge on any atom is -0.455 e. The molecule has 0 saturated heterocycles. The molecule has 0 amide bonds. The van der Waals surface area contributed by atoms with Gasteiger partial charge in [0.2, 0.25) is 5.78 Å². The van der Waals surface area contributed by atoms with Crippen LogP contribution in [0.25, 0.3) is 0 Å². The van der Waals surface area contributed by atoms with Gasteiger partial charge in [0.05, 0.1) is 11.1 Å². The van der Waals surface area contributed by atoms with Gasteiger partial charge in [-0.1, -0.05) is 0 Å². The number of methoxy groups -OCH3 is 1. The van der Waals surface area contributed by atoms with Crippen molar-refractivity contribution in [1.82, 2.24) is 0 Å². The Balaban J connectivity index is 2.37. The Morgan fingerprint density at radius 2 is 1.95 bits per heavy atom. The van der Waals surface area contributed by atoms with Crippen LogP contribution in [0, 0.1) is 5.82 Å². The van der Waals surface area contributed by atoms with Crippen molar-refractivity contribution in [3.63, 3.8) is 0 Å². The van der Waals surface area contributed by atoms with E-state index in [1.807, 2.05) is 0 Å². The molecule has 21 heavy (non-hydrogen) atoms. The fourth-order valence-corrected chi connectivity index (χ4v) is 1.73. The summed E-state index contributed by atoms with van der Waals surface area (Å²) in [6.45, 7) is 0.0956. The summed E-state index contributed by atoms with van der Waals surface area (Å²) in [6, 6.07) is 4.34. The highest BCUT2D eigenvalue weighted by molar-refractivity contribution is 6.07. The molecule has 112 valence electrons. The van der Waals surface area contributed by atoms with Crippen molar-refractivity contribution in [2.75, 3.05) is 7.11 Å². The molecular weight excluding hydrogens is 292 g/mol. The number of carbonyl (C=O) groups excluding carboxylic acids is 1. The van der Waals surface area contributed by atoms with Gasteiger partial charge in [0.25, 0.3) is 0 Å². The van der Waals surface area contributed by atoms with Gasteiger partial charge in [0.1, 0.15) is 18.2 Å². The number of hydrogen-bond donors (Lipinski definition) is 0. The van der Waals surface area contributed by atoms with Crippen LogP contribution in [-0.4, -0.2) is 12.9 Å². The summed E-state index contributed by atoms with van der Waals surface area (Å²) in [5.41, 5.74) is -1.79. The Labute approximate surface area is 117 Å². The van der Waals surface area contributed by atoms with Crippen LogP contribution in [0.1, 0.15) is 27.4 Å². The predicted octanol–water partition coefficient (Wildman–Crippen LogP) is 3.81. The zero-order chi connectivity index (χ0) is 15.6. The average Bonchev–Trinajstić information content (AvgIpc) is 2.86. The Morgan fingerprint density at radius 3 is 2.57 bits per heavy atom. The van der Waals surface area contributed by atoms with Gasteiger partial charge in [-0.2, -0.15) is 13.2 Å². The fourth-order valence-electron chi connectivity index (χ4n) is 1.73. The molecule has 0 spiro atoms. The molecule has 1 aromatic carbocycles. The molecule has 0 aliphatic carbocycles. The highest BCUT2D eigenvalue weighted by Crippen LogP contribution is 2.31. The van der Waals surface area contributed by atoms with Gasteiger partial charge >= 0.3 is 6.18 Å². The van der Waals surface area contributed by atoms with E-state index < -0.39 is 28.9 Å². The standard InChI is InChI=1S/C14H10F4O3/c1-20-7-9-3-5-12(21-9)13(19)10-6-8(14(16,17)18)2-4-11(10)15/h2-6H,7H2,1H3. The molecule has 3 nitrogen and oxygen atoms in total. The van der Waals surface area contributed by atoms with E-state index in [1.54, 1.807) is 0 Å². The number of furan rings is 1. The van der Waals surface area contributed by atoms with Gasteiger partial charge in [0, 0.05) is 7.11 Å². The second-order valence-corrected chi connectivity index (χ2v) is 4.22. The normalized spacial score (nSPS) is 11.7. The molecule has 0 bridgehead atoms. The molecule has 2 aromatic rings. The van der Waals surface area contributed by atoms with Gasteiger partial charge in [-0.05, 0) is 30.3 Å². The first-order valence-electron chi connectivity index (χ1n) is 5.82. The van der Waals surface area contributed by atoms with Gasteiger partial charge in [-0.25, -0.2) is 4.39 Å². The summed E-state index contributed by atoms with van der Waals surface area (Å²) in [7, 11) is 1.41. The maximum Gasteiger partial charge on any atom is 0.416 e. The van der Waals surface area contributed by atoms with Crippen LogP contribution in [-0.2, 0) is 17.5 Å². The van der Waals surface area contributed by atoms with Crippen molar-refractivity contribution in [3.8, 4) is 0 Å². The van der Waals surface area contributed by atoms with E-state index in [1.165, 1.54) is 19.2 Å². The van der Waals surface area contributed by atoms with Crippen molar-refractivity contribution < 1.29 is 31.5 Å². The van der Waals surface area contributed by atoms with Crippen LogP contribution >= 0.6 is 0 Å². The Kier molecular flexibility index (Phi) is 4.13. The first kappa shape index (κ1) is 15.2. The minimum atomic E-state index is -4.66. The summed E-state index contributed by atoms with van der Waals surface area (Å²) < 4.78 is 61.3. The van der Waals surface area contributed by atoms with Crippen molar-refractivity contribution >= 4 is 5.78 Å². The highest BCUT2D eigenvalue weighted by Gasteiger charge is 2.32. The van der Waals surface area contributed by atoms with E-state index in [2.05, 4.69) is 0 Å². The van der Waals surface area contributed by atoms with Crippen molar-refractivity contribution in [3.05, 3.63) is 58.8 Å². The number of benzene rings is 1. The monoisotopic (exact) mass is 302 g/mol. The summed E-state index contributed by atoms with van der Waals surface area (Å²) in [4.78, 5) is 12.0. The number of hydrogen-bond acceptors (Lipinski definition) is 3. The minimum absolute atomic E-state index is 0.0956. The van der Waals surface area contributed by atoms with Crippen molar-refractivity contribution in [1.29, 1.82) is 0 Å². The molecule has 0 radical (unpaired) electrons. The molecule has 1 aromatic heterocycles. The van der Waals surface area contributed by atoms with Crippen molar-refractivity contribution in [2.24, 2.45) is 0 Å². The molecule has 0 aliphatic heterocycles. The zero-order valence-electron chi connectivity index (χ0n) is 10.8. The highest BCUT2D eigenvalue weighted by atomic mass is 19.4. The molecule has 2 rings (SSSR count).